The number of hydrogen-bond acceptors (Lipinski definition) is 3. The number of rotatable bonds is 2. The summed E-state index contributed by atoms with van der Waals surface area (Å²) in [5.74, 6) is 0. The summed E-state index contributed by atoms with van der Waals surface area (Å²) in [6, 6.07) is 3.99. The first-order valence-electron chi connectivity index (χ1n) is 5.97. The van der Waals surface area contributed by atoms with Crippen LogP contribution in [0.2, 0.25) is 0 Å². The van der Waals surface area contributed by atoms with Crippen LogP contribution in [0.15, 0.2) is 24.5 Å². The number of pyridine rings is 1. The van der Waals surface area contributed by atoms with E-state index < -0.39 is 0 Å². The number of ether oxygens (including phenoxy) is 1. The van der Waals surface area contributed by atoms with Crippen molar-refractivity contribution in [2.45, 2.75) is 26.5 Å². The monoisotopic (exact) mass is 229 g/mol. The Balaban J connectivity index is 2.14. The van der Waals surface area contributed by atoms with E-state index in [1.165, 1.54) is 11.3 Å². The number of aryl methyl sites for hydroxylation is 1. The first-order chi connectivity index (χ1) is 8.40. The third-order valence-electron chi connectivity index (χ3n) is 3.13. The Morgan fingerprint density at radius 2 is 2.41 bits per heavy atom. The maximum atomic E-state index is 5.54. The van der Waals surface area contributed by atoms with Crippen molar-refractivity contribution in [1.82, 2.24) is 14.8 Å². The van der Waals surface area contributed by atoms with E-state index in [0.717, 1.165) is 30.8 Å². The van der Waals surface area contributed by atoms with Crippen LogP contribution in [0, 0.1) is 0 Å². The second-order valence-corrected chi connectivity index (χ2v) is 4.13. The van der Waals surface area contributed by atoms with Crippen molar-refractivity contribution in [3.63, 3.8) is 0 Å². The average Bonchev–Trinajstić information content (AvgIpc) is 2.78. The van der Waals surface area contributed by atoms with Gasteiger partial charge in [-0.1, -0.05) is 0 Å². The third kappa shape index (κ3) is 1.74. The topological polar surface area (TPSA) is 39.9 Å². The van der Waals surface area contributed by atoms with Crippen LogP contribution < -0.4 is 0 Å². The first-order valence-corrected chi connectivity index (χ1v) is 5.97. The number of aromatic nitrogens is 3. The highest BCUT2D eigenvalue weighted by molar-refractivity contribution is 5.63. The predicted octanol–water partition coefficient (Wildman–Crippen LogP) is 2.04. The van der Waals surface area contributed by atoms with Gasteiger partial charge in [0.15, 0.2) is 0 Å². The number of nitrogens with zero attached hydrogens (tertiary/aromatic N) is 3. The van der Waals surface area contributed by atoms with Gasteiger partial charge in [0.05, 0.1) is 18.9 Å². The fourth-order valence-electron chi connectivity index (χ4n) is 2.30. The van der Waals surface area contributed by atoms with E-state index in [4.69, 9.17) is 4.74 Å². The fraction of sp³-hybridized carbons (Fsp3) is 0.385. The predicted molar refractivity (Wildman–Crippen MR) is 64.5 cm³/mol. The first kappa shape index (κ1) is 10.5. The summed E-state index contributed by atoms with van der Waals surface area (Å²) in [5, 5.41) is 4.68. The molecular weight excluding hydrogens is 214 g/mol. The average molecular weight is 229 g/mol. The summed E-state index contributed by atoms with van der Waals surface area (Å²) in [4.78, 5) is 4.15. The minimum atomic E-state index is 0.666. The minimum absolute atomic E-state index is 0.666. The number of hydrogen-bond donors (Lipinski definition) is 0. The van der Waals surface area contributed by atoms with Gasteiger partial charge in [0, 0.05) is 42.2 Å². The Bertz CT molecular complexity index is 519. The lowest BCUT2D eigenvalue weighted by Crippen LogP contribution is -2.13. The lowest BCUT2D eigenvalue weighted by molar-refractivity contribution is 0.109. The Hall–Kier alpha value is -1.68. The molecule has 3 heterocycles. The largest absolute Gasteiger partial charge is 0.376 e. The van der Waals surface area contributed by atoms with Crippen molar-refractivity contribution in [3.8, 4) is 11.3 Å². The van der Waals surface area contributed by atoms with Gasteiger partial charge in [-0.3, -0.25) is 9.67 Å². The molecule has 2 aromatic rings. The van der Waals surface area contributed by atoms with Crippen molar-refractivity contribution in [2.75, 3.05) is 6.61 Å². The van der Waals surface area contributed by atoms with Crippen LogP contribution in [0.5, 0.6) is 0 Å². The van der Waals surface area contributed by atoms with Gasteiger partial charge in [0.25, 0.3) is 0 Å². The molecule has 0 unspecified atom stereocenters. The van der Waals surface area contributed by atoms with Crippen molar-refractivity contribution < 1.29 is 4.74 Å². The van der Waals surface area contributed by atoms with E-state index in [1.807, 2.05) is 18.3 Å². The molecule has 1 aliphatic heterocycles. The fourth-order valence-corrected chi connectivity index (χ4v) is 2.30. The molecule has 0 atom stereocenters. The van der Waals surface area contributed by atoms with Crippen molar-refractivity contribution >= 4 is 0 Å². The highest BCUT2D eigenvalue weighted by Gasteiger charge is 2.21. The summed E-state index contributed by atoms with van der Waals surface area (Å²) in [6.07, 6.45) is 4.59. The Morgan fingerprint density at radius 1 is 1.47 bits per heavy atom. The zero-order chi connectivity index (χ0) is 11.7. The van der Waals surface area contributed by atoms with Gasteiger partial charge in [0.2, 0.25) is 0 Å². The standard InChI is InChI=1S/C13H15N3O/c1-2-16-12-5-7-17-9-11(12)13(15-16)10-4-3-6-14-8-10/h3-4,6,8H,2,5,7,9H2,1H3. The molecule has 1 aliphatic rings. The highest BCUT2D eigenvalue weighted by Crippen LogP contribution is 2.28. The van der Waals surface area contributed by atoms with Crippen molar-refractivity contribution in [3.05, 3.63) is 35.8 Å². The molecule has 0 bridgehead atoms. The van der Waals surface area contributed by atoms with Crippen LogP contribution in [0.1, 0.15) is 18.2 Å². The zero-order valence-electron chi connectivity index (χ0n) is 9.89. The lowest BCUT2D eigenvalue weighted by Gasteiger charge is -2.14. The summed E-state index contributed by atoms with van der Waals surface area (Å²) in [7, 11) is 0. The molecule has 0 N–H and O–H groups in total. The SMILES string of the molecule is CCn1nc(-c2cccnc2)c2c1CCOC2. The van der Waals surface area contributed by atoms with E-state index in [9.17, 15) is 0 Å². The zero-order valence-corrected chi connectivity index (χ0v) is 9.89. The Labute approximate surface area is 100 Å². The van der Waals surface area contributed by atoms with Crippen molar-refractivity contribution in [1.29, 1.82) is 0 Å². The van der Waals surface area contributed by atoms with E-state index in [1.54, 1.807) is 6.20 Å². The molecule has 0 amide bonds. The molecule has 0 saturated heterocycles. The molecule has 0 saturated carbocycles. The van der Waals surface area contributed by atoms with Gasteiger partial charge in [0.1, 0.15) is 0 Å². The van der Waals surface area contributed by atoms with Crippen LogP contribution in [0.25, 0.3) is 11.3 Å². The van der Waals surface area contributed by atoms with Gasteiger partial charge < -0.3 is 4.74 Å². The molecule has 2 aromatic heterocycles. The molecule has 4 heteroatoms. The molecule has 0 radical (unpaired) electrons. The summed E-state index contributed by atoms with van der Waals surface area (Å²) < 4.78 is 7.63. The molecular formula is C13H15N3O. The van der Waals surface area contributed by atoms with Crippen LogP contribution in [0.4, 0.5) is 0 Å². The highest BCUT2D eigenvalue weighted by atomic mass is 16.5. The number of fused-ring (bicyclic) bond motifs is 1. The molecule has 0 aromatic carbocycles. The second-order valence-electron chi connectivity index (χ2n) is 4.13. The maximum absolute atomic E-state index is 5.54. The lowest BCUT2D eigenvalue weighted by atomic mass is 10.1. The van der Waals surface area contributed by atoms with E-state index >= 15 is 0 Å². The van der Waals surface area contributed by atoms with Crippen molar-refractivity contribution in [2.24, 2.45) is 0 Å². The summed E-state index contributed by atoms with van der Waals surface area (Å²) >= 11 is 0. The molecule has 3 rings (SSSR count). The van der Waals surface area contributed by atoms with E-state index in [0.29, 0.717) is 6.61 Å². The molecule has 0 aliphatic carbocycles. The molecule has 17 heavy (non-hydrogen) atoms. The van der Waals surface area contributed by atoms with E-state index in [2.05, 4.69) is 21.7 Å². The normalized spacial score (nSPS) is 14.6. The van der Waals surface area contributed by atoms with Crippen LogP contribution >= 0.6 is 0 Å². The van der Waals surface area contributed by atoms with Crippen LogP contribution in [0.3, 0.4) is 0 Å². The van der Waals surface area contributed by atoms with Gasteiger partial charge >= 0.3 is 0 Å². The maximum Gasteiger partial charge on any atom is 0.0996 e. The van der Waals surface area contributed by atoms with Gasteiger partial charge in [-0.25, -0.2) is 0 Å². The molecule has 88 valence electrons. The third-order valence-corrected chi connectivity index (χ3v) is 3.13. The van der Waals surface area contributed by atoms with Gasteiger partial charge in [-0.2, -0.15) is 5.10 Å². The van der Waals surface area contributed by atoms with E-state index in [-0.39, 0.29) is 0 Å². The minimum Gasteiger partial charge on any atom is -0.376 e. The quantitative estimate of drug-likeness (QED) is 0.791. The smallest absolute Gasteiger partial charge is 0.0996 e. The van der Waals surface area contributed by atoms with Crippen LogP contribution in [-0.4, -0.2) is 21.4 Å². The Kier molecular flexibility index (Phi) is 2.65. The molecule has 0 spiro atoms. The van der Waals surface area contributed by atoms with Gasteiger partial charge in [-0.05, 0) is 19.1 Å². The Morgan fingerprint density at radius 3 is 3.18 bits per heavy atom. The second kappa shape index (κ2) is 4.30. The summed E-state index contributed by atoms with van der Waals surface area (Å²) in [5.41, 5.74) is 4.64. The van der Waals surface area contributed by atoms with Crippen LogP contribution in [-0.2, 0) is 24.3 Å². The van der Waals surface area contributed by atoms with Gasteiger partial charge in [-0.15, -0.1) is 0 Å². The molecule has 4 nitrogen and oxygen atoms in total. The molecule has 0 fully saturated rings. The summed E-state index contributed by atoms with van der Waals surface area (Å²) in [6.45, 7) is 4.49.